The summed E-state index contributed by atoms with van der Waals surface area (Å²) in [5.74, 6) is 0.902. The standard InChI is InChI=1S/C10H7O/c1-2-5-9(6-3-1)10-7-4-8-11-10/h2-8H. The number of benzene rings is 1. The lowest BCUT2D eigenvalue weighted by molar-refractivity contribution is 0.582. The van der Waals surface area contributed by atoms with E-state index in [9.17, 15) is 0 Å². The third-order valence-corrected chi connectivity index (χ3v) is 1.52. The second kappa shape index (κ2) is 2.62. The maximum Gasteiger partial charge on any atom is 0.133 e. The van der Waals surface area contributed by atoms with E-state index in [4.69, 9.17) is 4.42 Å². The molecule has 0 atom stereocenters. The monoisotopic (exact) mass is 143 g/mol. The Labute approximate surface area is 65.3 Å². The van der Waals surface area contributed by atoms with Crippen molar-refractivity contribution in [3.63, 3.8) is 0 Å². The molecule has 0 amide bonds. The zero-order chi connectivity index (χ0) is 7.52. The Morgan fingerprint density at radius 2 is 1.91 bits per heavy atom. The highest BCUT2D eigenvalue weighted by atomic mass is 16.3. The SMILES string of the molecule is [c]1ccc(-c2ccco2)cc1. The Morgan fingerprint density at radius 1 is 1.09 bits per heavy atom. The largest absolute Gasteiger partial charge is 0.464 e. The average Bonchev–Trinajstić information content (AvgIpc) is 2.58. The third-order valence-electron chi connectivity index (χ3n) is 1.52. The Bertz CT molecular complexity index is 308. The molecule has 11 heavy (non-hydrogen) atoms. The van der Waals surface area contributed by atoms with Gasteiger partial charge >= 0.3 is 0 Å². The van der Waals surface area contributed by atoms with Crippen LogP contribution in [-0.2, 0) is 0 Å². The molecule has 0 unspecified atom stereocenters. The summed E-state index contributed by atoms with van der Waals surface area (Å²) in [5, 5.41) is 0. The molecule has 1 heteroatoms. The first-order valence-electron chi connectivity index (χ1n) is 3.47. The van der Waals surface area contributed by atoms with Crippen LogP contribution in [0.5, 0.6) is 0 Å². The van der Waals surface area contributed by atoms with Crippen LogP contribution in [0.4, 0.5) is 0 Å². The highest BCUT2D eigenvalue weighted by Gasteiger charge is 1.96. The van der Waals surface area contributed by atoms with Gasteiger partial charge in [0.2, 0.25) is 0 Å². The molecule has 1 nitrogen and oxygen atoms in total. The summed E-state index contributed by atoms with van der Waals surface area (Å²) in [7, 11) is 0. The number of hydrogen-bond donors (Lipinski definition) is 0. The van der Waals surface area contributed by atoms with E-state index in [1.165, 1.54) is 0 Å². The minimum Gasteiger partial charge on any atom is -0.464 e. The lowest BCUT2D eigenvalue weighted by atomic mass is 10.2. The first kappa shape index (κ1) is 6.23. The van der Waals surface area contributed by atoms with Gasteiger partial charge < -0.3 is 4.42 Å². The molecule has 1 radical (unpaired) electrons. The van der Waals surface area contributed by atoms with E-state index in [0.29, 0.717) is 0 Å². The van der Waals surface area contributed by atoms with Crippen molar-refractivity contribution in [1.82, 2.24) is 0 Å². The van der Waals surface area contributed by atoms with Crippen LogP contribution in [0, 0.1) is 6.07 Å². The molecular weight excluding hydrogens is 136 g/mol. The maximum absolute atomic E-state index is 5.21. The number of hydrogen-bond acceptors (Lipinski definition) is 1. The van der Waals surface area contributed by atoms with Gasteiger partial charge in [0.25, 0.3) is 0 Å². The molecule has 0 saturated heterocycles. The van der Waals surface area contributed by atoms with Crippen LogP contribution in [0.25, 0.3) is 11.3 Å². The van der Waals surface area contributed by atoms with Crippen molar-refractivity contribution in [3.05, 3.63) is 48.7 Å². The molecule has 2 aromatic rings. The third kappa shape index (κ3) is 1.17. The van der Waals surface area contributed by atoms with Gasteiger partial charge in [0, 0.05) is 5.56 Å². The van der Waals surface area contributed by atoms with Crippen LogP contribution in [0.1, 0.15) is 0 Å². The maximum atomic E-state index is 5.21. The highest BCUT2D eigenvalue weighted by Crippen LogP contribution is 2.17. The van der Waals surface area contributed by atoms with Crippen LogP contribution >= 0.6 is 0 Å². The molecule has 1 heterocycles. The van der Waals surface area contributed by atoms with Gasteiger partial charge in [0.1, 0.15) is 5.76 Å². The summed E-state index contributed by atoms with van der Waals surface area (Å²) < 4.78 is 5.21. The fraction of sp³-hybridized carbons (Fsp3) is 0. The second-order valence-corrected chi connectivity index (χ2v) is 2.27. The van der Waals surface area contributed by atoms with Crippen LogP contribution in [0.2, 0.25) is 0 Å². The van der Waals surface area contributed by atoms with Gasteiger partial charge in [-0.25, -0.2) is 0 Å². The molecule has 1 aromatic heterocycles. The van der Waals surface area contributed by atoms with E-state index in [-0.39, 0.29) is 0 Å². The lowest BCUT2D eigenvalue weighted by Gasteiger charge is -1.92. The summed E-state index contributed by atoms with van der Waals surface area (Å²) >= 11 is 0. The summed E-state index contributed by atoms with van der Waals surface area (Å²) in [6.07, 6.45) is 1.67. The van der Waals surface area contributed by atoms with Crippen molar-refractivity contribution in [1.29, 1.82) is 0 Å². The second-order valence-electron chi connectivity index (χ2n) is 2.27. The molecule has 0 aliphatic heterocycles. The van der Waals surface area contributed by atoms with Crippen LogP contribution in [-0.4, -0.2) is 0 Å². The minimum absolute atomic E-state index is 0.902. The molecule has 0 bridgehead atoms. The van der Waals surface area contributed by atoms with E-state index in [1.54, 1.807) is 6.26 Å². The molecule has 0 fully saturated rings. The van der Waals surface area contributed by atoms with Gasteiger partial charge in [0.05, 0.1) is 6.26 Å². The van der Waals surface area contributed by atoms with Crippen molar-refractivity contribution in [2.45, 2.75) is 0 Å². The van der Waals surface area contributed by atoms with Gasteiger partial charge in [0.15, 0.2) is 0 Å². The molecule has 0 spiro atoms. The molecule has 0 aliphatic carbocycles. The Morgan fingerprint density at radius 3 is 2.55 bits per heavy atom. The molecule has 0 N–H and O–H groups in total. The van der Waals surface area contributed by atoms with E-state index >= 15 is 0 Å². The predicted molar refractivity (Wildman–Crippen MR) is 43.0 cm³/mol. The van der Waals surface area contributed by atoms with Crippen LogP contribution in [0.15, 0.2) is 47.1 Å². The summed E-state index contributed by atoms with van der Waals surface area (Å²) in [4.78, 5) is 0. The van der Waals surface area contributed by atoms with Crippen molar-refractivity contribution in [2.75, 3.05) is 0 Å². The Hall–Kier alpha value is -1.50. The molecular formula is C10H7O. The van der Waals surface area contributed by atoms with E-state index in [1.807, 2.05) is 36.4 Å². The van der Waals surface area contributed by atoms with Gasteiger partial charge in [-0.05, 0) is 18.2 Å². The average molecular weight is 143 g/mol. The zero-order valence-electron chi connectivity index (χ0n) is 5.95. The van der Waals surface area contributed by atoms with Crippen LogP contribution in [0.3, 0.4) is 0 Å². The lowest BCUT2D eigenvalue weighted by Crippen LogP contribution is -1.69. The fourth-order valence-electron chi connectivity index (χ4n) is 0.994. The zero-order valence-corrected chi connectivity index (χ0v) is 5.95. The topological polar surface area (TPSA) is 13.1 Å². The molecule has 0 aliphatic rings. The first-order chi connectivity index (χ1) is 5.47. The quantitative estimate of drug-likeness (QED) is 0.598. The molecule has 53 valence electrons. The van der Waals surface area contributed by atoms with E-state index < -0.39 is 0 Å². The van der Waals surface area contributed by atoms with Crippen LogP contribution < -0.4 is 0 Å². The van der Waals surface area contributed by atoms with E-state index in [2.05, 4.69) is 6.07 Å². The van der Waals surface area contributed by atoms with Crippen molar-refractivity contribution >= 4 is 0 Å². The van der Waals surface area contributed by atoms with Crippen molar-refractivity contribution < 1.29 is 4.42 Å². The summed E-state index contributed by atoms with van der Waals surface area (Å²) in [6, 6.07) is 14.5. The minimum atomic E-state index is 0.902. The highest BCUT2D eigenvalue weighted by molar-refractivity contribution is 5.56. The van der Waals surface area contributed by atoms with Crippen molar-refractivity contribution in [2.24, 2.45) is 0 Å². The van der Waals surface area contributed by atoms with Gasteiger partial charge in [-0.15, -0.1) is 0 Å². The molecule has 2 rings (SSSR count). The number of furan rings is 1. The first-order valence-corrected chi connectivity index (χ1v) is 3.47. The molecule has 0 saturated carbocycles. The molecule has 1 aromatic carbocycles. The summed E-state index contributed by atoms with van der Waals surface area (Å²) in [6.45, 7) is 0. The fourth-order valence-corrected chi connectivity index (χ4v) is 0.994. The predicted octanol–water partition coefficient (Wildman–Crippen LogP) is 2.75. The Kier molecular flexibility index (Phi) is 1.48. The van der Waals surface area contributed by atoms with Gasteiger partial charge in [-0.1, -0.05) is 24.3 Å². The number of rotatable bonds is 1. The smallest absolute Gasteiger partial charge is 0.133 e. The Balaban J connectivity index is 2.46. The van der Waals surface area contributed by atoms with Crippen molar-refractivity contribution in [3.8, 4) is 11.3 Å². The van der Waals surface area contributed by atoms with E-state index in [0.717, 1.165) is 11.3 Å². The normalized spacial score (nSPS) is 9.82. The van der Waals surface area contributed by atoms with Gasteiger partial charge in [-0.2, -0.15) is 0 Å². The summed E-state index contributed by atoms with van der Waals surface area (Å²) in [5.41, 5.74) is 1.09. The van der Waals surface area contributed by atoms with Gasteiger partial charge in [-0.3, -0.25) is 0 Å².